The van der Waals surface area contributed by atoms with E-state index in [-0.39, 0.29) is 12.3 Å². The van der Waals surface area contributed by atoms with Crippen molar-refractivity contribution in [3.05, 3.63) is 0 Å². The molecule has 0 aromatic rings. The lowest BCUT2D eigenvalue weighted by Gasteiger charge is -2.27. The van der Waals surface area contributed by atoms with Crippen LogP contribution >= 0.6 is 0 Å². The molecule has 2 N–H and O–H groups in total. The molecular formula is C26H49NO6. The molecule has 0 aliphatic rings. The van der Waals surface area contributed by atoms with Crippen molar-refractivity contribution >= 4 is 18.0 Å². The van der Waals surface area contributed by atoms with Crippen LogP contribution in [-0.4, -0.2) is 40.9 Å². The first-order chi connectivity index (χ1) is 15.4. The number of carbonyl (C=O) groups excluding carboxylic acids is 2. The molecule has 1 amide bonds. The summed E-state index contributed by atoms with van der Waals surface area (Å²) in [6.45, 7) is 13.5. The van der Waals surface area contributed by atoms with Crippen LogP contribution in [0.15, 0.2) is 0 Å². The number of alkyl carbamates (subject to hydrolysis) is 1. The minimum absolute atomic E-state index is 0.175. The zero-order valence-electron chi connectivity index (χ0n) is 22.1. The Hall–Kier alpha value is -1.79. The van der Waals surface area contributed by atoms with Crippen LogP contribution < -0.4 is 5.32 Å². The number of rotatable bonds is 17. The van der Waals surface area contributed by atoms with Crippen molar-refractivity contribution in [2.24, 2.45) is 11.8 Å². The Labute approximate surface area is 201 Å². The third-order valence-electron chi connectivity index (χ3n) is 5.63. The first-order valence-corrected chi connectivity index (χ1v) is 12.8. The van der Waals surface area contributed by atoms with Crippen molar-refractivity contribution in [1.82, 2.24) is 5.32 Å². The number of carbonyl (C=O) groups is 3. The van der Waals surface area contributed by atoms with Gasteiger partial charge in [0.05, 0.1) is 6.42 Å². The quantitative estimate of drug-likeness (QED) is 0.186. The van der Waals surface area contributed by atoms with E-state index in [1.165, 1.54) is 32.1 Å². The maximum Gasteiger partial charge on any atom is 0.408 e. The van der Waals surface area contributed by atoms with E-state index in [9.17, 15) is 19.5 Å². The van der Waals surface area contributed by atoms with Crippen LogP contribution in [0, 0.1) is 11.8 Å². The number of ether oxygens (including phenoxy) is 2. The fourth-order valence-corrected chi connectivity index (χ4v) is 3.55. The minimum Gasteiger partial charge on any atom is -0.481 e. The van der Waals surface area contributed by atoms with Crippen LogP contribution in [0.3, 0.4) is 0 Å². The van der Waals surface area contributed by atoms with Crippen molar-refractivity contribution in [3.8, 4) is 0 Å². The molecule has 0 saturated heterocycles. The average Bonchev–Trinajstić information content (AvgIpc) is 2.67. The zero-order chi connectivity index (χ0) is 25.4. The molecule has 0 spiro atoms. The maximum absolute atomic E-state index is 12.8. The van der Waals surface area contributed by atoms with E-state index in [4.69, 9.17) is 9.47 Å². The molecule has 0 saturated carbocycles. The van der Waals surface area contributed by atoms with E-state index in [1.54, 1.807) is 20.8 Å². The molecule has 194 valence electrons. The molecular weight excluding hydrogens is 422 g/mol. The predicted octanol–water partition coefficient (Wildman–Crippen LogP) is 6.48. The van der Waals surface area contributed by atoms with Gasteiger partial charge < -0.3 is 19.9 Å². The van der Waals surface area contributed by atoms with Crippen LogP contribution in [0.5, 0.6) is 0 Å². The SMILES string of the molecule is CC[C@H](C)[C@H](NC(=O)OC(C)(C)C)C(=O)O[C@H](CCCCCCCCCC(C)C)CC(=O)O. The van der Waals surface area contributed by atoms with Crippen molar-refractivity contribution in [2.75, 3.05) is 0 Å². The Morgan fingerprint density at radius 3 is 1.85 bits per heavy atom. The average molecular weight is 472 g/mol. The number of hydrogen-bond donors (Lipinski definition) is 2. The Morgan fingerprint density at radius 1 is 0.879 bits per heavy atom. The maximum atomic E-state index is 12.8. The van der Waals surface area contributed by atoms with Crippen LogP contribution in [0.2, 0.25) is 0 Å². The number of unbranched alkanes of at least 4 members (excludes halogenated alkanes) is 6. The van der Waals surface area contributed by atoms with E-state index >= 15 is 0 Å². The highest BCUT2D eigenvalue weighted by Gasteiger charge is 2.31. The zero-order valence-corrected chi connectivity index (χ0v) is 22.1. The van der Waals surface area contributed by atoms with Gasteiger partial charge in [-0.1, -0.05) is 79.1 Å². The smallest absolute Gasteiger partial charge is 0.408 e. The van der Waals surface area contributed by atoms with Gasteiger partial charge in [-0.15, -0.1) is 0 Å². The second-order valence-electron chi connectivity index (χ2n) is 10.6. The van der Waals surface area contributed by atoms with Crippen LogP contribution in [0.4, 0.5) is 4.79 Å². The molecule has 7 heteroatoms. The topological polar surface area (TPSA) is 102 Å². The third kappa shape index (κ3) is 17.4. The summed E-state index contributed by atoms with van der Waals surface area (Å²) in [5.41, 5.74) is -0.686. The molecule has 0 radical (unpaired) electrons. The standard InChI is InChI=1S/C26H49NO6/c1-8-20(4)23(27-25(31)33-26(5,6)7)24(30)32-21(18-22(28)29)17-15-13-11-9-10-12-14-16-19(2)3/h19-21,23H,8-18H2,1-7H3,(H,27,31)(H,28,29)/t20-,21+,23-/m0/s1. The summed E-state index contributed by atoms with van der Waals surface area (Å²) < 4.78 is 10.8. The minimum atomic E-state index is -1.00. The summed E-state index contributed by atoms with van der Waals surface area (Å²) in [6.07, 6.45) is 8.66. The highest BCUT2D eigenvalue weighted by atomic mass is 16.6. The van der Waals surface area contributed by atoms with Gasteiger partial charge in [-0.25, -0.2) is 9.59 Å². The number of carboxylic acid groups (broad SMARTS) is 1. The Morgan fingerprint density at radius 2 is 1.39 bits per heavy atom. The van der Waals surface area contributed by atoms with Gasteiger partial charge in [-0.2, -0.15) is 0 Å². The molecule has 0 aromatic heterocycles. The normalized spacial score (nSPS) is 14.4. The summed E-state index contributed by atoms with van der Waals surface area (Å²) in [6, 6.07) is -0.882. The first kappa shape index (κ1) is 31.2. The third-order valence-corrected chi connectivity index (χ3v) is 5.63. The van der Waals surface area contributed by atoms with Gasteiger partial charge in [0.15, 0.2) is 0 Å². The number of carboxylic acids is 1. The number of aliphatic carboxylic acids is 1. The van der Waals surface area contributed by atoms with Gasteiger partial charge in [0.1, 0.15) is 17.7 Å². The molecule has 33 heavy (non-hydrogen) atoms. The largest absolute Gasteiger partial charge is 0.481 e. The highest BCUT2D eigenvalue weighted by Crippen LogP contribution is 2.18. The van der Waals surface area contributed by atoms with E-state index in [2.05, 4.69) is 19.2 Å². The molecule has 0 aliphatic heterocycles. The Bertz CT molecular complexity index is 570. The predicted molar refractivity (Wildman–Crippen MR) is 131 cm³/mol. The van der Waals surface area contributed by atoms with Gasteiger partial charge in [0, 0.05) is 0 Å². The summed E-state index contributed by atoms with van der Waals surface area (Å²) in [4.78, 5) is 36.3. The van der Waals surface area contributed by atoms with Gasteiger partial charge in [0.25, 0.3) is 0 Å². The van der Waals surface area contributed by atoms with Crippen molar-refractivity contribution < 1.29 is 29.0 Å². The van der Waals surface area contributed by atoms with Crippen molar-refractivity contribution in [3.63, 3.8) is 0 Å². The lowest BCUT2D eigenvalue weighted by Crippen LogP contribution is -2.48. The van der Waals surface area contributed by atoms with Crippen LogP contribution in [0.25, 0.3) is 0 Å². The van der Waals surface area contributed by atoms with Gasteiger partial charge in [0.2, 0.25) is 0 Å². The molecule has 7 nitrogen and oxygen atoms in total. The van der Waals surface area contributed by atoms with E-state index in [1.807, 2.05) is 13.8 Å². The number of amides is 1. The Balaban J connectivity index is 4.64. The van der Waals surface area contributed by atoms with E-state index in [0.29, 0.717) is 12.8 Å². The molecule has 0 aliphatic carbocycles. The number of esters is 1. The molecule has 0 unspecified atom stereocenters. The molecule has 0 bridgehead atoms. The lowest BCUT2D eigenvalue weighted by atomic mass is 9.99. The van der Waals surface area contributed by atoms with Gasteiger partial charge >= 0.3 is 18.0 Å². The van der Waals surface area contributed by atoms with E-state index < -0.39 is 35.8 Å². The number of nitrogens with one attached hydrogen (secondary N) is 1. The molecule has 0 aromatic carbocycles. The molecule has 3 atom stereocenters. The first-order valence-electron chi connectivity index (χ1n) is 12.8. The summed E-state index contributed by atoms with van der Waals surface area (Å²) in [5, 5.41) is 11.9. The lowest BCUT2D eigenvalue weighted by molar-refractivity contribution is -0.156. The summed E-state index contributed by atoms with van der Waals surface area (Å²) >= 11 is 0. The van der Waals surface area contributed by atoms with Crippen LogP contribution in [0.1, 0.15) is 119 Å². The summed E-state index contributed by atoms with van der Waals surface area (Å²) in [7, 11) is 0. The molecule has 0 rings (SSSR count). The molecule has 0 heterocycles. The van der Waals surface area contributed by atoms with Crippen molar-refractivity contribution in [1.29, 1.82) is 0 Å². The van der Waals surface area contributed by atoms with Crippen LogP contribution in [-0.2, 0) is 19.1 Å². The van der Waals surface area contributed by atoms with Gasteiger partial charge in [-0.3, -0.25) is 4.79 Å². The Kier molecular flexibility index (Phi) is 15.9. The summed E-state index contributed by atoms with van der Waals surface area (Å²) in [5.74, 6) is -1.02. The fraction of sp³-hybridized carbons (Fsp3) is 0.885. The van der Waals surface area contributed by atoms with Gasteiger partial charge in [-0.05, 0) is 45.4 Å². The fourth-order valence-electron chi connectivity index (χ4n) is 3.55. The second kappa shape index (κ2) is 16.8. The van der Waals surface area contributed by atoms with E-state index in [0.717, 1.165) is 25.2 Å². The highest BCUT2D eigenvalue weighted by molar-refractivity contribution is 5.82. The molecule has 0 fully saturated rings. The van der Waals surface area contributed by atoms with Crippen molar-refractivity contribution in [2.45, 2.75) is 137 Å². The second-order valence-corrected chi connectivity index (χ2v) is 10.6. The number of hydrogen-bond acceptors (Lipinski definition) is 5. The monoisotopic (exact) mass is 471 g/mol.